The van der Waals surface area contributed by atoms with E-state index >= 15 is 0 Å². The van der Waals surface area contributed by atoms with Gasteiger partial charge in [-0.2, -0.15) is 0 Å². The molecule has 19 heavy (non-hydrogen) atoms. The largest absolute Gasteiger partial charge is 0.312 e. The molecule has 0 saturated heterocycles. The molecule has 0 bridgehead atoms. The highest BCUT2D eigenvalue weighted by molar-refractivity contribution is 6.17. The van der Waals surface area contributed by atoms with E-state index in [4.69, 9.17) is 11.6 Å². The van der Waals surface area contributed by atoms with Gasteiger partial charge >= 0.3 is 0 Å². The smallest absolute Gasteiger partial charge is 0.0702 e. The fourth-order valence-corrected chi connectivity index (χ4v) is 2.64. The molecule has 102 valence electrons. The predicted octanol–water partition coefficient (Wildman–Crippen LogP) is 3.98. The van der Waals surface area contributed by atoms with Gasteiger partial charge in [0.2, 0.25) is 0 Å². The maximum atomic E-state index is 5.81. The summed E-state index contributed by atoms with van der Waals surface area (Å²) in [5, 5.41) is 4.71. The van der Waals surface area contributed by atoms with Crippen LogP contribution in [0.15, 0.2) is 36.5 Å². The van der Waals surface area contributed by atoms with Crippen molar-refractivity contribution < 1.29 is 0 Å². The standard InChI is InChI=1S/C16H21ClN2/c1-16(2,7-8-17)12-18-11-13-5-6-15-14(10-13)4-3-9-19-15/h3-6,9-10,18H,7-8,11-12H2,1-2H3. The molecule has 2 rings (SSSR count). The molecule has 0 aliphatic rings. The van der Waals surface area contributed by atoms with Gasteiger partial charge in [-0.15, -0.1) is 11.6 Å². The van der Waals surface area contributed by atoms with Crippen molar-refractivity contribution in [2.45, 2.75) is 26.8 Å². The molecule has 3 heteroatoms. The molecule has 2 nitrogen and oxygen atoms in total. The molecule has 1 aromatic heterocycles. The number of fused-ring (bicyclic) bond motifs is 1. The van der Waals surface area contributed by atoms with Crippen LogP contribution in [0.5, 0.6) is 0 Å². The lowest BCUT2D eigenvalue weighted by Crippen LogP contribution is -2.29. The highest BCUT2D eigenvalue weighted by atomic mass is 35.5. The third-order valence-electron chi connectivity index (χ3n) is 3.37. The van der Waals surface area contributed by atoms with Crippen LogP contribution >= 0.6 is 11.6 Å². The Hall–Kier alpha value is -1.12. The van der Waals surface area contributed by atoms with Crippen molar-refractivity contribution in [1.82, 2.24) is 10.3 Å². The zero-order chi connectivity index (χ0) is 13.7. The quantitative estimate of drug-likeness (QED) is 0.807. The summed E-state index contributed by atoms with van der Waals surface area (Å²) >= 11 is 5.81. The summed E-state index contributed by atoms with van der Waals surface area (Å²) < 4.78 is 0. The summed E-state index contributed by atoms with van der Waals surface area (Å²) in [5.74, 6) is 0.719. The van der Waals surface area contributed by atoms with Gasteiger partial charge in [-0.05, 0) is 35.6 Å². The van der Waals surface area contributed by atoms with E-state index in [0.717, 1.165) is 30.9 Å². The van der Waals surface area contributed by atoms with Gasteiger partial charge in [0, 0.05) is 30.6 Å². The van der Waals surface area contributed by atoms with Crippen LogP contribution < -0.4 is 5.32 Å². The van der Waals surface area contributed by atoms with Crippen LogP contribution in [0, 0.1) is 5.41 Å². The molecule has 1 aromatic carbocycles. The van der Waals surface area contributed by atoms with Crippen LogP contribution in [-0.4, -0.2) is 17.4 Å². The first-order chi connectivity index (χ1) is 9.11. The Balaban J connectivity index is 1.95. The second-order valence-corrected chi connectivity index (χ2v) is 6.12. The molecule has 0 amide bonds. The van der Waals surface area contributed by atoms with Crippen LogP contribution in [0.4, 0.5) is 0 Å². The van der Waals surface area contributed by atoms with E-state index in [1.54, 1.807) is 0 Å². The van der Waals surface area contributed by atoms with E-state index in [9.17, 15) is 0 Å². The lowest BCUT2D eigenvalue weighted by Gasteiger charge is -2.24. The minimum absolute atomic E-state index is 0.250. The van der Waals surface area contributed by atoms with Crippen LogP contribution in [0.2, 0.25) is 0 Å². The summed E-state index contributed by atoms with van der Waals surface area (Å²) in [4.78, 5) is 4.33. The minimum Gasteiger partial charge on any atom is -0.312 e. The van der Waals surface area contributed by atoms with Gasteiger partial charge in [0.1, 0.15) is 0 Å². The fourth-order valence-electron chi connectivity index (χ4n) is 2.12. The van der Waals surface area contributed by atoms with Crippen LogP contribution in [0.1, 0.15) is 25.8 Å². The normalized spacial score (nSPS) is 11.9. The van der Waals surface area contributed by atoms with Gasteiger partial charge in [0.25, 0.3) is 0 Å². The summed E-state index contributed by atoms with van der Waals surface area (Å²) in [6.45, 7) is 6.35. The second kappa shape index (κ2) is 6.36. The molecule has 0 atom stereocenters. The van der Waals surface area contributed by atoms with E-state index in [1.165, 1.54) is 10.9 Å². The van der Waals surface area contributed by atoms with E-state index in [-0.39, 0.29) is 5.41 Å². The monoisotopic (exact) mass is 276 g/mol. The number of aromatic nitrogens is 1. The van der Waals surface area contributed by atoms with Crippen LogP contribution in [0.3, 0.4) is 0 Å². The first-order valence-corrected chi connectivity index (χ1v) is 7.24. The molecule has 0 unspecified atom stereocenters. The third-order valence-corrected chi connectivity index (χ3v) is 3.56. The summed E-state index contributed by atoms with van der Waals surface area (Å²) in [7, 11) is 0. The van der Waals surface area contributed by atoms with Crippen molar-refractivity contribution in [2.75, 3.05) is 12.4 Å². The highest BCUT2D eigenvalue weighted by Crippen LogP contribution is 2.20. The van der Waals surface area contributed by atoms with Gasteiger partial charge in [0.05, 0.1) is 5.52 Å². The van der Waals surface area contributed by atoms with E-state index < -0.39 is 0 Å². The Bertz CT molecular complexity index is 537. The number of hydrogen-bond donors (Lipinski definition) is 1. The lowest BCUT2D eigenvalue weighted by atomic mass is 9.90. The van der Waals surface area contributed by atoms with Crippen LogP contribution in [0.25, 0.3) is 10.9 Å². The van der Waals surface area contributed by atoms with E-state index in [1.807, 2.05) is 12.3 Å². The number of hydrogen-bond acceptors (Lipinski definition) is 2. The molecule has 0 aliphatic heterocycles. The Morgan fingerprint density at radius 2 is 2.11 bits per heavy atom. The van der Waals surface area contributed by atoms with Crippen molar-refractivity contribution in [3.63, 3.8) is 0 Å². The maximum absolute atomic E-state index is 5.81. The first kappa shape index (κ1) is 14.3. The van der Waals surface area contributed by atoms with Gasteiger partial charge in [-0.25, -0.2) is 0 Å². The molecule has 0 saturated carbocycles. The van der Waals surface area contributed by atoms with Crippen molar-refractivity contribution in [1.29, 1.82) is 0 Å². The molecule has 1 heterocycles. The molecule has 2 aromatic rings. The number of nitrogens with one attached hydrogen (secondary N) is 1. The number of pyridine rings is 1. The Kier molecular flexibility index (Phi) is 4.78. The minimum atomic E-state index is 0.250. The maximum Gasteiger partial charge on any atom is 0.0702 e. The number of halogens is 1. The molecule has 0 fully saturated rings. The van der Waals surface area contributed by atoms with Gasteiger partial charge in [0.15, 0.2) is 0 Å². The number of rotatable bonds is 6. The number of alkyl halides is 1. The summed E-state index contributed by atoms with van der Waals surface area (Å²) in [5.41, 5.74) is 2.59. The predicted molar refractivity (Wildman–Crippen MR) is 82.6 cm³/mol. The Labute approximate surface area is 120 Å². The van der Waals surface area contributed by atoms with E-state index in [0.29, 0.717) is 0 Å². The van der Waals surface area contributed by atoms with Gasteiger partial charge in [-0.1, -0.05) is 26.0 Å². The average Bonchev–Trinajstić information content (AvgIpc) is 2.38. The third kappa shape index (κ3) is 4.19. The number of benzene rings is 1. The molecule has 1 N–H and O–H groups in total. The van der Waals surface area contributed by atoms with E-state index in [2.05, 4.69) is 48.4 Å². The molecule has 0 radical (unpaired) electrons. The van der Waals surface area contributed by atoms with Crippen molar-refractivity contribution in [3.8, 4) is 0 Å². The number of nitrogens with zero attached hydrogens (tertiary/aromatic N) is 1. The zero-order valence-corrected chi connectivity index (χ0v) is 12.4. The van der Waals surface area contributed by atoms with Gasteiger partial charge < -0.3 is 5.32 Å². The van der Waals surface area contributed by atoms with Crippen molar-refractivity contribution in [3.05, 3.63) is 42.1 Å². The first-order valence-electron chi connectivity index (χ1n) is 6.71. The zero-order valence-electron chi connectivity index (χ0n) is 11.6. The average molecular weight is 277 g/mol. The highest BCUT2D eigenvalue weighted by Gasteiger charge is 2.16. The fraction of sp³-hybridized carbons (Fsp3) is 0.438. The topological polar surface area (TPSA) is 24.9 Å². The molecule has 0 spiro atoms. The Morgan fingerprint density at radius 1 is 1.26 bits per heavy atom. The lowest BCUT2D eigenvalue weighted by molar-refractivity contribution is 0.329. The van der Waals surface area contributed by atoms with Crippen LogP contribution in [-0.2, 0) is 6.54 Å². The molecule has 0 aliphatic carbocycles. The Morgan fingerprint density at radius 3 is 2.89 bits per heavy atom. The second-order valence-electron chi connectivity index (χ2n) is 5.74. The van der Waals surface area contributed by atoms with Gasteiger partial charge in [-0.3, -0.25) is 4.98 Å². The summed E-state index contributed by atoms with van der Waals surface area (Å²) in [6, 6.07) is 10.5. The van der Waals surface area contributed by atoms with Crippen molar-refractivity contribution >= 4 is 22.5 Å². The molecular weight excluding hydrogens is 256 g/mol. The SMILES string of the molecule is CC(C)(CCCl)CNCc1ccc2ncccc2c1. The molecular formula is C16H21ClN2. The summed E-state index contributed by atoms with van der Waals surface area (Å²) in [6.07, 6.45) is 2.86. The van der Waals surface area contributed by atoms with Crippen molar-refractivity contribution in [2.24, 2.45) is 5.41 Å².